The molecule has 0 bridgehead atoms. The Bertz CT molecular complexity index is 911. The Morgan fingerprint density at radius 1 is 1.04 bits per heavy atom. The van der Waals surface area contributed by atoms with Gasteiger partial charge in [0.25, 0.3) is 5.95 Å². The van der Waals surface area contributed by atoms with E-state index in [1.54, 1.807) is 4.68 Å². The summed E-state index contributed by atoms with van der Waals surface area (Å²) in [5.41, 5.74) is 5.49. The van der Waals surface area contributed by atoms with Gasteiger partial charge in [0.1, 0.15) is 0 Å². The van der Waals surface area contributed by atoms with Crippen LogP contribution in [0.25, 0.3) is 5.95 Å². The number of aryl methyl sites for hydroxylation is 3. The van der Waals surface area contributed by atoms with Crippen molar-refractivity contribution in [2.75, 3.05) is 0 Å². The maximum atomic E-state index is 12.4. The van der Waals surface area contributed by atoms with Crippen molar-refractivity contribution in [2.45, 2.75) is 40.7 Å². The van der Waals surface area contributed by atoms with E-state index >= 15 is 0 Å². The number of amides is 1. The van der Waals surface area contributed by atoms with Crippen LogP contribution in [0.15, 0.2) is 36.4 Å². The van der Waals surface area contributed by atoms with Gasteiger partial charge in [-0.3, -0.25) is 4.79 Å². The molecule has 1 N–H and O–H groups in total. The second kappa shape index (κ2) is 7.47. The molecule has 26 heavy (non-hydrogen) atoms. The lowest BCUT2D eigenvalue weighted by Gasteiger charge is -2.07. The van der Waals surface area contributed by atoms with Crippen molar-refractivity contribution in [3.63, 3.8) is 0 Å². The van der Waals surface area contributed by atoms with E-state index in [-0.39, 0.29) is 12.3 Å². The zero-order chi connectivity index (χ0) is 18.7. The molecule has 0 saturated heterocycles. The van der Waals surface area contributed by atoms with Crippen LogP contribution in [-0.2, 0) is 17.8 Å². The number of nitrogens with one attached hydrogen (secondary N) is 1. The van der Waals surface area contributed by atoms with E-state index < -0.39 is 0 Å². The van der Waals surface area contributed by atoms with Crippen molar-refractivity contribution in [2.24, 2.45) is 0 Å². The van der Waals surface area contributed by atoms with Crippen LogP contribution >= 0.6 is 0 Å². The SMILES string of the molecule is Cc1cc(C)nc(-n2nc(C)c(CC(=O)NCc3ccccc3)c2C)n1. The highest BCUT2D eigenvalue weighted by Gasteiger charge is 2.17. The molecule has 1 amide bonds. The summed E-state index contributed by atoms with van der Waals surface area (Å²) in [4.78, 5) is 21.3. The molecule has 0 saturated carbocycles. The Morgan fingerprint density at radius 3 is 2.35 bits per heavy atom. The van der Waals surface area contributed by atoms with E-state index in [0.717, 1.165) is 33.9 Å². The molecule has 134 valence electrons. The van der Waals surface area contributed by atoms with Gasteiger partial charge in [0.05, 0.1) is 12.1 Å². The van der Waals surface area contributed by atoms with Gasteiger partial charge in [0.2, 0.25) is 5.91 Å². The van der Waals surface area contributed by atoms with Crippen molar-refractivity contribution in [3.8, 4) is 5.95 Å². The molecule has 2 heterocycles. The van der Waals surface area contributed by atoms with Gasteiger partial charge in [-0.15, -0.1) is 0 Å². The third-order valence-corrected chi connectivity index (χ3v) is 4.27. The molecule has 0 atom stereocenters. The number of hydrogen-bond acceptors (Lipinski definition) is 4. The Balaban J connectivity index is 1.76. The maximum Gasteiger partial charge on any atom is 0.251 e. The summed E-state index contributed by atoms with van der Waals surface area (Å²) in [6.07, 6.45) is 0.287. The first kappa shape index (κ1) is 17.8. The summed E-state index contributed by atoms with van der Waals surface area (Å²) >= 11 is 0. The molecule has 2 aromatic heterocycles. The molecule has 1 aromatic carbocycles. The molecule has 0 radical (unpaired) electrons. The molecule has 0 unspecified atom stereocenters. The normalized spacial score (nSPS) is 10.8. The second-order valence-electron chi connectivity index (χ2n) is 6.45. The molecule has 3 rings (SSSR count). The lowest BCUT2D eigenvalue weighted by molar-refractivity contribution is -0.120. The van der Waals surface area contributed by atoms with Crippen LogP contribution in [0.4, 0.5) is 0 Å². The standard InChI is InChI=1S/C20H23N5O/c1-13-10-14(2)23-20(22-13)25-16(4)18(15(3)24-25)11-19(26)21-12-17-8-6-5-7-9-17/h5-10H,11-12H2,1-4H3,(H,21,26). The number of benzene rings is 1. The van der Waals surface area contributed by atoms with Crippen molar-refractivity contribution in [1.82, 2.24) is 25.1 Å². The number of aromatic nitrogens is 4. The predicted octanol–water partition coefficient (Wildman–Crippen LogP) is 2.75. The molecular formula is C20H23N5O. The van der Waals surface area contributed by atoms with Crippen LogP contribution < -0.4 is 5.32 Å². The number of nitrogens with zero attached hydrogens (tertiary/aromatic N) is 4. The fraction of sp³-hybridized carbons (Fsp3) is 0.300. The highest BCUT2D eigenvalue weighted by molar-refractivity contribution is 5.79. The molecule has 0 spiro atoms. The second-order valence-corrected chi connectivity index (χ2v) is 6.45. The third-order valence-electron chi connectivity index (χ3n) is 4.27. The molecule has 3 aromatic rings. The van der Waals surface area contributed by atoms with Crippen LogP contribution in [0.5, 0.6) is 0 Å². The quantitative estimate of drug-likeness (QED) is 0.769. The Morgan fingerprint density at radius 2 is 1.69 bits per heavy atom. The van der Waals surface area contributed by atoms with Crippen molar-refractivity contribution in [3.05, 3.63) is 70.3 Å². The fourth-order valence-electron chi connectivity index (χ4n) is 2.95. The van der Waals surface area contributed by atoms with Crippen LogP contribution in [0.3, 0.4) is 0 Å². The van der Waals surface area contributed by atoms with Gasteiger partial charge in [0, 0.05) is 29.2 Å². The Kier molecular flexibility index (Phi) is 5.11. The number of carbonyl (C=O) groups excluding carboxylic acids is 1. The minimum Gasteiger partial charge on any atom is -0.352 e. The first-order valence-corrected chi connectivity index (χ1v) is 8.62. The van der Waals surface area contributed by atoms with E-state index in [1.165, 1.54) is 0 Å². The number of hydrogen-bond donors (Lipinski definition) is 1. The molecule has 6 heteroatoms. The monoisotopic (exact) mass is 349 g/mol. The van der Waals surface area contributed by atoms with E-state index in [4.69, 9.17) is 0 Å². The average molecular weight is 349 g/mol. The zero-order valence-electron chi connectivity index (χ0n) is 15.6. The van der Waals surface area contributed by atoms with Gasteiger partial charge in [-0.2, -0.15) is 5.10 Å². The molecule has 0 aliphatic heterocycles. The first-order valence-electron chi connectivity index (χ1n) is 8.62. The minimum atomic E-state index is -0.0269. The van der Waals surface area contributed by atoms with Gasteiger partial charge in [0.15, 0.2) is 0 Å². The third kappa shape index (κ3) is 3.96. The molecule has 6 nitrogen and oxygen atoms in total. The van der Waals surface area contributed by atoms with E-state index in [0.29, 0.717) is 12.5 Å². The minimum absolute atomic E-state index is 0.0269. The summed E-state index contributed by atoms with van der Waals surface area (Å²) in [6.45, 7) is 8.24. The summed E-state index contributed by atoms with van der Waals surface area (Å²) in [7, 11) is 0. The van der Waals surface area contributed by atoms with Gasteiger partial charge in [-0.25, -0.2) is 14.6 Å². The molecule has 0 aliphatic carbocycles. The van der Waals surface area contributed by atoms with E-state index in [9.17, 15) is 4.79 Å². The molecule has 0 aliphatic rings. The Hall–Kier alpha value is -3.02. The highest BCUT2D eigenvalue weighted by atomic mass is 16.1. The van der Waals surface area contributed by atoms with Gasteiger partial charge in [-0.05, 0) is 39.3 Å². The summed E-state index contributed by atoms with van der Waals surface area (Å²) in [6, 6.07) is 11.8. The first-order chi connectivity index (χ1) is 12.4. The van der Waals surface area contributed by atoms with E-state index in [2.05, 4.69) is 20.4 Å². The van der Waals surface area contributed by atoms with Gasteiger partial charge in [-0.1, -0.05) is 30.3 Å². The van der Waals surface area contributed by atoms with Gasteiger partial charge >= 0.3 is 0 Å². The largest absolute Gasteiger partial charge is 0.352 e. The van der Waals surface area contributed by atoms with Crippen LogP contribution in [0, 0.1) is 27.7 Å². The molecule has 0 fully saturated rings. The summed E-state index contributed by atoms with van der Waals surface area (Å²) < 4.78 is 1.72. The predicted molar refractivity (Wildman–Crippen MR) is 100 cm³/mol. The van der Waals surface area contributed by atoms with Crippen molar-refractivity contribution in [1.29, 1.82) is 0 Å². The topological polar surface area (TPSA) is 72.7 Å². The average Bonchev–Trinajstić information content (AvgIpc) is 2.88. The Labute approximate surface area is 153 Å². The highest BCUT2D eigenvalue weighted by Crippen LogP contribution is 2.17. The van der Waals surface area contributed by atoms with E-state index in [1.807, 2.05) is 64.1 Å². The lowest BCUT2D eigenvalue weighted by atomic mass is 10.1. The zero-order valence-corrected chi connectivity index (χ0v) is 15.6. The van der Waals surface area contributed by atoms with Crippen molar-refractivity contribution >= 4 is 5.91 Å². The number of rotatable bonds is 5. The fourth-order valence-corrected chi connectivity index (χ4v) is 2.95. The summed E-state index contributed by atoms with van der Waals surface area (Å²) in [5, 5.41) is 7.51. The van der Waals surface area contributed by atoms with Crippen molar-refractivity contribution < 1.29 is 4.79 Å². The molecular weight excluding hydrogens is 326 g/mol. The number of carbonyl (C=O) groups is 1. The van der Waals surface area contributed by atoms with Crippen LogP contribution in [0.2, 0.25) is 0 Å². The smallest absolute Gasteiger partial charge is 0.251 e. The van der Waals surface area contributed by atoms with Crippen LogP contribution in [0.1, 0.15) is 33.9 Å². The van der Waals surface area contributed by atoms with Crippen LogP contribution in [-0.4, -0.2) is 25.7 Å². The maximum absolute atomic E-state index is 12.4. The van der Waals surface area contributed by atoms with Gasteiger partial charge < -0.3 is 5.32 Å². The lowest BCUT2D eigenvalue weighted by Crippen LogP contribution is -2.25. The summed E-state index contributed by atoms with van der Waals surface area (Å²) in [5.74, 6) is 0.514.